The van der Waals surface area contributed by atoms with Crippen molar-refractivity contribution in [2.45, 2.75) is 6.10 Å². The summed E-state index contributed by atoms with van der Waals surface area (Å²) in [6.07, 6.45) is -0.735. The Kier molecular flexibility index (Phi) is 5.83. The van der Waals surface area contributed by atoms with Crippen LogP contribution in [0, 0.1) is 11.6 Å². The summed E-state index contributed by atoms with van der Waals surface area (Å²) in [4.78, 5) is 0. The average molecular weight is 348 g/mol. The largest absolute Gasteiger partial charge is 0.451 e. The van der Waals surface area contributed by atoms with Gasteiger partial charge >= 0.3 is 0 Å². The zero-order valence-electron chi connectivity index (χ0n) is 11.3. The number of aliphatic hydroxyl groups is 1. The predicted octanol–water partition coefficient (Wildman–Crippen LogP) is 4.42. The Hall–Kier alpha value is -1.56. The molecule has 2 rings (SSSR count). The fraction of sp³-hybridized carbons (Fsp3) is 0.200. The Morgan fingerprint density at radius 2 is 1.95 bits per heavy atom. The van der Waals surface area contributed by atoms with Gasteiger partial charge in [-0.1, -0.05) is 17.7 Å². The molecule has 22 heavy (non-hydrogen) atoms. The average Bonchev–Trinajstić information content (AvgIpc) is 2.51. The van der Waals surface area contributed by atoms with Crippen LogP contribution in [-0.4, -0.2) is 23.6 Å². The number of hydrogen-bond acceptors (Lipinski definition) is 3. The summed E-state index contributed by atoms with van der Waals surface area (Å²) in [5, 5.41) is 12.0. The van der Waals surface area contributed by atoms with Gasteiger partial charge in [0.05, 0.1) is 17.0 Å². The maximum absolute atomic E-state index is 14.0. The van der Waals surface area contributed by atoms with Gasteiger partial charge in [-0.05, 0) is 24.3 Å². The summed E-state index contributed by atoms with van der Waals surface area (Å²) in [7, 11) is 0. The normalized spacial score (nSPS) is 12.0. The maximum Gasteiger partial charge on any atom is 0.184 e. The van der Waals surface area contributed by atoms with E-state index in [0.717, 1.165) is 0 Å². The summed E-state index contributed by atoms with van der Waals surface area (Å²) in [6.45, 7) is 0.187. The molecule has 0 heterocycles. The van der Waals surface area contributed by atoms with Crippen LogP contribution >= 0.6 is 23.2 Å². The van der Waals surface area contributed by atoms with Gasteiger partial charge < -0.3 is 15.2 Å². The lowest BCUT2D eigenvalue weighted by molar-refractivity contribution is 0.211. The molecule has 7 heteroatoms. The van der Waals surface area contributed by atoms with Crippen molar-refractivity contribution in [2.24, 2.45) is 0 Å². The van der Waals surface area contributed by atoms with E-state index in [9.17, 15) is 13.9 Å². The molecule has 0 aliphatic heterocycles. The number of ether oxygens (including phenoxy) is 1. The van der Waals surface area contributed by atoms with Gasteiger partial charge in [0.1, 0.15) is 0 Å². The molecule has 0 aliphatic carbocycles. The molecule has 2 N–H and O–H groups in total. The van der Waals surface area contributed by atoms with Crippen molar-refractivity contribution >= 4 is 28.9 Å². The fourth-order valence-corrected chi connectivity index (χ4v) is 1.94. The molecule has 0 saturated heterocycles. The SMILES string of the molecule is OC(CCl)CNc1ccc(Oc2cccc(Cl)c2F)c(F)c1. The molecule has 0 spiro atoms. The van der Waals surface area contributed by atoms with E-state index in [1.165, 1.54) is 30.3 Å². The van der Waals surface area contributed by atoms with Gasteiger partial charge in [-0.2, -0.15) is 0 Å². The predicted molar refractivity (Wildman–Crippen MR) is 83.1 cm³/mol. The number of nitrogens with one attached hydrogen (secondary N) is 1. The number of halogens is 4. The van der Waals surface area contributed by atoms with Crippen LogP contribution in [-0.2, 0) is 0 Å². The van der Waals surface area contributed by atoms with Crippen LogP contribution in [0.25, 0.3) is 0 Å². The highest BCUT2D eigenvalue weighted by Gasteiger charge is 2.12. The Morgan fingerprint density at radius 1 is 1.18 bits per heavy atom. The van der Waals surface area contributed by atoms with Gasteiger partial charge in [0.15, 0.2) is 23.1 Å². The summed E-state index contributed by atoms with van der Waals surface area (Å²) in [5.74, 6) is -1.65. The van der Waals surface area contributed by atoms with E-state index in [-0.39, 0.29) is 28.9 Å². The maximum atomic E-state index is 14.0. The molecule has 0 aliphatic rings. The molecule has 1 atom stereocenters. The summed E-state index contributed by atoms with van der Waals surface area (Å²) in [5.41, 5.74) is 0.445. The van der Waals surface area contributed by atoms with Crippen molar-refractivity contribution in [1.29, 1.82) is 0 Å². The third-order valence-corrected chi connectivity index (χ3v) is 3.44. The van der Waals surface area contributed by atoms with Gasteiger partial charge in [0.2, 0.25) is 0 Å². The van der Waals surface area contributed by atoms with Gasteiger partial charge in [-0.15, -0.1) is 11.6 Å². The number of benzene rings is 2. The van der Waals surface area contributed by atoms with Gasteiger partial charge in [-0.25, -0.2) is 8.78 Å². The Labute approximate surface area is 136 Å². The van der Waals surface area contributed by atoms with Crippen LogP contribution in [0.15, 0.2) is 36.4 Å². The van der Waals surface area contributed by atoms with Gasteiger partial charge in [0, 0.05) is 18.3 Å². The van der Waals surface area contributed by atoms with Crippen molar-refractivity contribution < 1.29 is 18.6 Å². The van der Waals surface area contributed by atoms with E-state index in [1.54, 1.807) is 6.07 Å². The van der Waals surface area contributed by atoms with Crippen molar-refractivity contribution in [1.82, 2.24) is 0 Å². The van der Waals surface area contributed by atoms with Crippen LogP contribution in [0.3, 0.4) is 0 Å². The molecule has 0 bridgehead atoms. The molecule has 118 valence electrons. The van der Waals surface area contributed by atoms with Gasteiger partial charge in [-0.3, -0.25) is 0 Å². The van der Waals surface area contributed by atoms with Crippen molar-refractivity contribution in [3.05, 3.63) is 53.1 Å². The van der Waals surface area contributed by atoms with Crippen molar-refractivity contribution in [3.8, 4) is 11.5 Å². The minimum atomic E-state index is -0.754. The molecule has 2 aromatic carbocycles. The molecule has 3 nitrogen and oxygen atoms in total. The molecular weight excluding hydrogens is 335 g/mol. The monoisotopic (exact) mass is 347 g/mol. The molecule has 0 fully saturated rings. The Balaban J connectivity index is 2.11. The van der Waals surface area contributed by atoms with Crippen LogP contribution < -0.4 is 10.1 Å². The highest BCUT2D eigenvalue weighted by molar-refractivity contribution is 6.30. The van der Waals surface area contributed by atoms with E-state index < -0.39 is 17.7 Å². The lowest BCUT2D eigenvalue weighted by Crippen LogP contribution is -2.20. The first-order valence-corrected chi connectivity index (χ1v) is 7.32. The summed E-state index contributed by atoms with van der Waals surface area (Å²) >= 11 is 11.1. The first-order valence-electron chi connectivity index (χ1n) is 6.40. The molecule has 0 aromatic heterocycles. The molecular formula is C15H13Cl2F2NO2. The van der Waals surface area contributed by atoms with Gasteiger partial charge in [0.25, 0.3) is 0 Å². The Morgan fingerprint density at radius 3 is 2.64 bits per heavy atom. The second kappa shape index (κ2) is 7.63. The molecule has 0 saturated carbocycles. The van der Waals surface area contributed by atoms with E-state index in [2.05, 4.69) is 5.32 Å². The quantitative estimate of drug-likeness (QED) is 0.760. The minimum absolute atomic E-state index is 0.0741. The van der Waals surface area contributed by atoms with Crippen LogP contribution in [0.2, 0.25) is 5.02 Å². The molecule has 0 amide bonds. The summed E-state index contributed by atoms with van der Waals surface area (Å²) in [6, 6.07) is 8.30. The lowest BCUT2D eigenvalue weighted by atomic mass is 10.2. The number of anilines is 1. The van der Waals surface area contributed by atoms with Crippen LogP contribution in [0.4, 0.5) is 14.5 Å². The third kappa shape index (κ3) is 4.22. The summed E-state index contributed by atoms with van der Waals surface area (Å²) < 4.78 is 32.9. The minimum Gasteiger partial charge on any atom is -0.451 e. The van der Waals surface area contributed by atoms with Crippen LogP contribution in [0.5, 0.6) is 11.5 Å². The van der Waals surface area contributed by atoms with Crippen molar-refractivity contribution in [3.63, 3.8) is 0 Å². The topological polar surface area (TPSA) is 41.5 Å². The van der Waals surface area contributed by atoms with E-state index in [4.69, 9.17) is 27.9 Å². The van der Waals surface area contributed by atoms with Crippen molar-refractivity contribution in [2.75, 3.05) is 17.7 Å². The second-order valence-corrected chi connectivity index (χ2v) is 5.20. The lowest BCUT2D eigenvalue weighted by Gasteiger charge is -2.12. The molecule has 2 aromatic rings. The third-order valence-electron chi connectivity index (χ3n) is 2.79. The smallest absolute Gasteiger partial charge is 0.184 e. The van der Waals surface area contributed by atoms with E-state index in [0.29, 0.717) is 5.69 Å². The van der Waals surface area contributed by atoms with E-state index >= 15 is 0 Å². The fourth-order valence-electron chi connectivity index (χ4n) is 1.67. The first kappa shape index (κ1) is 16.8. The molecule has 1 unspecified atom stereocenters. The highest BCUT2D eigenvalue weighted by Crippen LogP contribution is 2.31. The number of alkyl halides is 1. The number of rotatable bonds is 6. The number of aliphatic hydroxyl groups excluding tert-OH is 1. The zero-order valence-corrected chi connectivity index (χ0v) is 12.8. The number of hydrogen-bond donors (Lipinski definition) is 2. The first-order chi connectivity index (χ1) is 10.5. The Bertz CT molecular complexity index is 655. The standard InChI is InChI=1S/C15H13Cl2F2NO2/c16-7-10(21)8-20-9-4-5-13(12(18)6-9)22-14-3-1-2-11(17)15(14)19/h1-6,10,20-21H,7-8H2. The second-order valence-electron chi connectivity index (χ2n) is 4.49. The highest BCUT2D eigenvalue weighted by atomic mass is 35.5. The van der Waals surface area contributed by atoms with Crippen LogP contribution in [0.1, 0.15) is 0 Å². The zero-order chi connectivity index (χ0) is 16.1. The van der Waals surface area contributed by atoms with E-state index in [1.807, 2.05) is 0 Å². The molecule has 0 radical (unpaired) electrons.